The summed E-state index contributed by atoms with van der Waals surface area (Å²) in [6, 6.07) is 21.5. The first-order chi connectivity index (χ1) is 18.1. The Morgan fingerprint density at radius 2 is 1.58 bits per heavy atom. The van der Waals surface area contributed by atoms with Gasteiger partial charge in [-0.15, -0.1) is 0 Å². The molecule has 0 aliphatic rings. The molecule has 3 aromatic carbocycles. The van der Waals surface area contributed by atoms with E-state index in [0.717, 1.165) is 15.4 Å². The lowest BCUT2D eigenvalue weighted by Gasteiger charge is -2.32. The molecule has 9 heteroatoms. The number of hydrogen-bond acceptors (Lipinski definition) is 5. The highest BCUT2D eigenvalue weighted by Gasteiger charge is 2.32. The van der Waals surface area contributed by atoms with Gasteiger partial charge < -0.3 is 15.0 Å². The van der Waals surface area contributed by atoms with Crippen LogP contribution in [0.5, 0.6) is 5.75 Å². The molecule has 0 aliphatic carbocycles. The number of methoxy groups -OCH3 is 1. The second-order valence-electron chi connectivity index (χ2n) is 9.23. The van der Waals surface area contributed by atoms with Crippen molar-refractivity contribution in [3.8, 4) is 5.75 Å². The Labute approximate surface area is 225 Å². The van der Waals surface area contributed by atoms with Crippen LogP contribution in [-0.4, -0.2) is 51.9 Å². The highest BCUT2D eigenvalue weighted by atomic mass is 32.2. The van der Waals surface area contributed by atoms with E-state index in [4.69, 9.17) is 4.74 Å². The normalized spacial score (nSPS) is 12.1. The molecular formula is C29H35N3O5S. The second-order valence-corrected chi connectivity index (χ2v) is 11.1. The highest BCUT2D eigenvalue weighted by Crippen LogP contribution is 2.27. The largest absolute Gasteiger partial charge is 0.497 e. The maximum absolute atomic E-state index is 13.8. The van der Waals surface area contributed by atoms with Crippen molar-refractivity contribution >= 4 is 27.5 Å². The summed E-state index contributed by atoms with van der Waals surface area (Å²) in [5, 5.41) is 2.58. The summed E-state index contributed by atoms with van der Waals surface area (Å²) in [5.41, 5.74) is 2.15. The zero-order chi connectivity index (χ0) is 27.9. The van der Waals surface area contributed by atoms with Gasteiger partial charge in [0.05, 0.1) is 17.7 Å². The minimum Gasteiger partial charge on any atom is -0.497 e. The van der Waals surface area contributed by atoms with Gasteiger partial charge in [0.25, 0.3) is 10.0 Å². The van der Waals surface area contributed by atoms with E-state index in [0.29, 0.717) is 11.4 Å². The molecule has 0 bridgehead atoms. The first kappa shape index (κ1) is 28.7. The quantitative estimate of drug-likeness (QED) is 0.396. The van der Waals surface area contributed by atoms with Crippen LogP contribution < -0.4 is 14.4 Å². The molecule has 0 saturated heterocycles. The van der Waals surface area contributed by atoms with E-state index in [-0.39, 0.29) is 23.3 Å². The van der Waals surface area contributed by atoms with Crippen molar-refractivity contribution in [2.75, 3.05) is 25.0 Å². The summed E-state index contributed by atoms with van der Waals surface area (Å²) in [6.07, 6.45) is 0. The summed E-state index contributed by atoms with van der Waals surface area (Å²) in [7, 11) is -1.04. The van der Waals surface area contributed by atoms with Crippen LogP contribution in [0.3, 0.4) is 0 Å². The molecular weight excluding hydrogens is 502 g/mol. The van der Waals surface area contributed by atoms with Gasteiger partial charge in [0.15, 0.2) is 0 Å². The van der Waals surface area contributed by atoms with Crippen molar-refractivity contribution in [2.24, 2.45) is 0 Å². The van der Waals surface area contributed by atoms with Crippen molar-refractivity contribution in [1.82, 2.24) is 10.2 Å². The van der Waals surface area contributed by atoms with Crippen LogP contribution in [0.2, 0.25) is 0 Å². The standard InChI is InChI=1S/C29H35N3O5S/c1-21(2)24-14-16-25(17-15-24)32(38(35,36)27-12-7-6-8-13-27)20-28(33)31(22(3)29(34)30-4)19-23-10-9-11-26(18-23)37-5/h6-18,21-22H,19-20H2,1-5H3,(H,30,34)/t22-/m1/s1. The van der Waals surface area contributed by atoms with Crippen molar-refractivity contribution in [1.29, 1.82) is 0 Å². The summed E-state index contributed by atoms with van der Waals surface area (Å²) in [6.45, 7) is 5.32. The van der Waals surface area contributed by atoms with Gasteiger partial charge in [-0.3, -0.25) is 13.9 Å². The average Bonchev–Trinajstić information content (AvgIpc) is 2.94. The van der Waals surface area contributed by atoms with Gasteiger partial charge in [0.1, 0.15) is 18.3 Å². The third-order valence-electron chi connectivity index (χ3n) is 6.36. The zero-order valence-electron chi connectivity index (χ0n) is 22.4. The van der Waals surface area contributed by atoms with Gasteiger partial charge >= 0.3 is 0 Å². The Kier molecular flexibility index (Phi) is 9.52. The number of amides is 2. The first-order valence-corrected chi connectivity index (χ1v) is 13.8. The molecule has 2 amide bonds. The molecule has 3 aromatic rings. The molecule has 8 nitrogen and oxygen atoms in total. The second kappa shape index (κ2) is 12.6. The lowest BCUT2D eigenvalue weighted by atomic mass is 10.0. The monoisotopic (exact) mass is 537 g/mol. The Hall–Kier alpha value is -3.85. The number of sulfonamides is 1. The molecule has 3 rings (SSSR count). The number of carbonyl (C=O) groups is 2. The van der Waals surface area contributed by atoms with Crippen LogP contribution in [0.1, 0.15) is 37.8 Å². The van der Waals surface area contributed by atoms with E-state index in [1.807, 2.05) is 32.0 Å². The minimum absolute atomic E-state index is 0.0689. The molecule has 0 radical (unpaired) electrons. The van der Waals surface area contributed by atoms with Crippen LogP contribution in [0.4, 0.5) is 5.69 Å². The molecule has 38 heavy (non-hydrogen) atoms. The van der Waals surface area contributed by atoms with E-state index in [9.17, 15) is 18.0 Å². The van der Waals surface area contributed by atoms with E-state index in [2.05, 4.69) is 5.32 Å². The van der Waals surface area contributed by atoms with Crippen LogP contribution >= 0.6 is 0 Å². The third-order valence-corrected chi connectivity index (χ3v) is 8.15. The van der Waals surface area contributed by atoms with Crippen molar-refractivity contribution in [3.63, 3.8) is 0 Å². The number of ether oxygens (including phenoxy) is 1. The maximum atomic E-state index is 13.8. The third kappa shape index (κ3) is 6.72. The first-order valence-electron chi connectivity index (χ1n) is 12.4. The SMILES string of the molecule is CNC(=O)[C@@H](C)N(Cc1cccc(OC)c1)C(=O)CN(c1ccc(C(C)C)cc1)S(=O)(=O)c1ccccc1. The summed E-state index contributed by atoms with van der Waals surface area (Å²) in [5.74, 6) is -0.00555. The average molecular weight is 538 g/mol. The fourth-order valence-corrected chi connectivity index (χ4v) is 5.47. The van der Waals surface area contributed by atoms with Gasteiger partial charge in [0.2, 0.25) is 11.8 Å². The molecule has 202 valence electrons. The molecule has 0 aliphatic heterocycles. The van der Waals surface area contributed by atoms with Gasteiger partial charge in [-0.2, -0.15) is 0 Å². The Morgan fingerprint density at radius 1 is 0.921 bits per heavy atom. The van der Waals surface area contributed by atoms with Crippen molar-refractivity contribution in [2.45, 2.75) is 44.2 Å². The molecule has 0 unspecified atom stereocenters. The van der Waals surface area contributed by atoms with E-state index >= 15 is 0 Å². The minimum atomic E-state index is -4.09. The van der Waals surface area contributed by atoms with E-state index in [1.54, 1.807) is 62.6 Å². The number of anilines is 1. The van der Waals surface area contributed by atoms with Crippen molar-refractivity contribution < 1.29 is 22.7 Å². The fraction of sp³-hybridized carbons (Fsp3) is 0.310. The number of nitrogens with one attached hydrogen (secondary N) is 1. The smallest absolute Gasteiger partial charge is 0.264 e. The lowest BCUT2D eigenvalue weighted by molar-refractivity contribution is -0.139. The van der Waals surface area contributed by atoms with Crippen LogP contribution in [0.25, 0.3) is 0 Å². The van der Waals surface area contributed by atoms with E-state index < -0.39 is 28.5 Å². The van der Waals surface area contributed by atoms with Crippen LogP contribution in [-0.2, 0) is 26.2 Å². The van der Waals surface area contributed by atoms with Gasteiger partial charge in [-0.05, 0) is 60.4 Å². The number of carbonyl (C=O) groups excluding carboxylic acids is 2. The van der Waals surface area contributed by atoms with Gasteiger partial charge in [-0.25, -0.2) is 8.42 Å². The molecule has 0 saturated carbocycles. The number of rotatable bonds is 11. The fourth-order valence-electron chi connectivity index (χ4n) is 4.03. The summed E-state index contributed by atoms with van der Waals surface area (Å²) >= 11 is 0. The van der Waals surface area contributed by atoms with Gasteiger partial charge in [0, 0.05) is 13.6 Å². The zero-order valence-corrected chi connectivity index (χ0v) is 23.2. The molecule has 0 heterocycles. The number of nitrogens with zero attached hydrogens (tertiary/aromatic N) is 2. The number of likely N-dealkylation sites (N-methyl/N-ethyl adjacent to an activating group) is 1. The lowest BCUT2D eigenvalue weighted by Crippen LogP contribution is -2.50. The maximum Gasteiger partial charge on any atom is 0.264 e. The molecule has 0 aromatic heterocycles. The predicted molar refractivity (Wildman–Crippen MR) is 149 cm³/mol. The number of hydrogen-bond donors (Lipinski definition) is 1. The topological polar surface area (TPSA) is 96.0 Å². The summed E-state index contributed by atoms with van der Waals surface area (Å²) in [4.78, 5) is 27.8. The van der Waals surface area contributed by atoms with Gasteiger partial charge in [-0.1, -0.05) is 56.3 Å². The summed E-state index contributed by atoms with van der Waals surface area (Å²) < 4.78 is 33.9. The Morgan fingerprint density at radius 3 is 2.16 bits per heavy atom. The molecule has 1 atom stereocenters. The van der Waals surface area contributed by atoms with Crippen LogP contribution in [0.15, 0.2) is 83.8 Å². The van der Waals surface area contributed by atoms with E-state index in [1.165, 1.54) is 24.1 Å². The number of benzene rings is 3. The van der Waals surface area contributed by atoms with Crippen LogP contribution in [0, 0.1) is 0 Å². The Bertz CT molecular complexity index is 1340. The Balaban J connectivity index is 2.03. The molecule has 0 spiro atoms. The molecule has 0 fully saturated rings. The van der Waals surface area contributed by atoms with Crippen molar-refractivity contribution in [3.05, 3.63) is 90.0 Å². The highest BCUT2D eigenvalue weighted by molar-refractivity contribution is 7.92. The predicted octanol–water partition coefficient (Wildman–Crippen LogP) is 4.18. The molecule has 1 N–H and O–H groups in total.